The number of benzene rings is 1. The summed E-state index contributed by atoms with van der Waals surface area (Å²) in [6, 6.07) is 4.64. The molecule has 3 N–H and O–H groups in total. The van der Waals surface area contributed by atoms with Crippen molar-refractivity contribution in [1.29, 1.82) is 0 Å². The van der Waals surface area contributed by atoms with Crippen LogP contribution in [0.5, 0.6) is 0 Å². The Labute approximate surface area is 287 Å². The average molecular weight is 680 g/mol. The number of piperazine rings is 1. The minimum atomic E-state index is -0.939. The molecule has 2 aliphatic heterocycles. The fourth-order valence-corrected chi connectivity index (χ4v) is 7.76. The van der Waals surface area contributed by atoms with Crippen molar-refractivity contribution in [3.05, 3.63) is 47.5 Å². The van der Waals surface area contributed by atoms with Crippen molar-refractivity contribution < 1.29 is 28.3 Å². The molecule has 49 heavy (non-hydrogen) atoms. The number of hydrogen-bond acceptors (Lipinski definition) is 7. The number of halogens is 1. The van der Waals surface area contributed by atoms with Gasteiger partial charge in [0, 0.05) is 50.4 Å². The molecule has 0 radical (unpaired) electrons. The highest BCUT2D eigenvalue weighted by molar-refractivity contribution is 6.01. The zero-order valence-electron chi connectivity index (χ0n) is 29.3. The molecule has 2 aromatic rings. The number of likely N-dealkylation sites (N-methyl/N-ethyl adjacent to an activating group) is 1. The normalized spacial score (nSPS) is 23.0. The molecule has 12 nitrogen and oxygen atoms in total. The molecule has 3 heterocycles. The van der Waals surface area contributed by atoms with Crippen molar-refractivity contribution in [3.8, 4) is 0 Å². The van der Waals surface area contributed by atoms with E-state index in [0.29, 0.717) is 29.6 Å². The summed E-state index contributed by atoms with van der Waals surface area (Å²) in [6.07, 6.45) is 5.69. The molecule has 2 saturated heterocycles. The molecule has 2 aliphatic carbocycles. The van der Waals surface area contributed by atoms with Crippen LogP contribution in [0.1, 0.15) is 87.8 Å². The number of likely N-dealkylation sites (tertiary alicyclic amines) is 2. The van der Waals surface area contributed by atoms with E-state index in [0.717, 1.165) is 38.6 Å². The Bertz CT molecular complexity index is 1560. The number of hydrogen-bond donors (Lipinski definition) is 3. The second-order valence-corrected chi connectivity index (χ2v) is 14.8. The number of nitrogens with zero attached hydrogens (tertiary/aromatic N) is 4. The van der Waals surface area contributed by atoms with Crippen molar-refractivity contribution in [2.75, 3.05) is 32.6 Å². The molecule has 4 amide bonds. The van der Waals surface area contributed by atoms with Crippen molar-refractivity contribution in [1.82, 2.24) is 30.2 Å². The Morgan fingerprint density at radius 1 is 0.918 bits per heavy atom. The Balaban J connectivity index is 1.21. The van der Waals surface area contributed by atoms with Gasteiger partial charge in [0.1, 0.15) is 29.7 Å². The maximum Gasteiger partial charge on any atom is 0.270 e. The summed E-state index contributed by atoms with van der Waals surface area (Å²) in [5.74, 6) is -2.09. The van der Waals surface area contributed by atoms with E-state index in [1.54, 1.807) is 36.9 Å². The number of nitrogens with one attached hydrogen (secondary N) is 3. The van der Waals surface area contributed by atoms with Crippen LogP contribution in [-0.4, -0.2) is 101 Å². The third kappa shape index (κ3) is 7.38. The van der Waals surface area contributed by atoms with E-state index < -0.39 is 41.7 Å². The fourth-order valence-electron chi connectivity index (χ4n) is 7.76. The molecule has 6 atom stereocenters. The summed E-state index contributed by atoms with van der Waals surface area (Å²) >= 11 is 0. The van der Waals surface area contributed by atoms with Crippen LogP contribution in [0.3, 0.4) is 0 Å². The van der Waals surface area contributed by atoms with Gasteiger partial charge >= 0.3 is 0 Å². The van der Waals surface area contributed by atoms with E-state index >= 15 is 4.39 Å². The summed E-state index contributed by atoms with van der Waals surface area (Å²) in [5, 5.41) is 12.9. The molecule has 0 unspecified atom stereocenters. The number of rotatable bonds is 14. The minimum Gasteiger partial charge on any atom is -0.372 e. The standard InChI is InChI=1S/C36H50FN7O5/c1-19(2)44-29(13-14-38-44)34(46)41-32(30(22-7-8-22)23-9-10-23)35(47)39-28-12-11-24(15-27(28)37)20(3)31(40-33(45)21(4)49-6)36(48)43-18-25-16-26(43)17-42(25)5/h11-15,19-23,25-26,30-32H,7-10,16-18H2,1-6H3,(H,39,47)(H,40,45)(H,41,46)/t20-,21-,25+,26+,31+,32-/m0/s1. The number of aromatic nitrogens is 2. The van der Waals surface area contributed by atoms with Crippen LogP contribution < -0.4 is 16.0 Å². The minimum absolute atomic E-state index is 0.0161. The maximum absolute atomic E-state index is 15.9. The molecule has 1 aromatic heterocycles. The quantitative estimate of drug-likeness (QED) is 0.279. The molecule has 1 aromatic carbocycles. The molecule has 2 saturated carbocycles. The van der Waals surface area contributed by atoms with Gasteiger partial charge in [-0.2, -0.15) is 5.10 Å². The first-order valence-corrected chi connectivity index (χ1v) is 17.7. The number of anilines is 1. The van der Waals surface area contributed by atoms with E-state index in [1.165, 1.54) is 19.2 Å². The highest BCUT2D eigenvalue weighted by Gasteiger charge is 2.49. The molecule has 4 fully saturated rings. The lowest BCUT2D eigenvalue weighted by Gasteiger charge is -2.36. The van der Waals surface area contributed by atoms with Gasteiger partial charge in [-0.3, -0.25) is 28.8 Å². The van der Waals surface area contributed by atoms with Gasteiger partial charge in [-0.05, 0) is 101 Å². The number of amides is 4. The molecule has 6 rings (SSSR count). The zero-order valence-corrected chi connectivity index (χ0v) is 29.3. The number of fused-ring (bicyclic) bond motifs is 2. The molecule has 266 valence electrons. The Morgan fingerprint density at radius 3 is 2.16 bits per heavy atom. The van der Waals surface area contributed by atoms with Gasteiger partial charge < -0.3 is 25.6 Å². The highest BCUT2D eigenvalue weighted by Crippen LogP contribution is 2.51. The second kappa shape index (κ2) is 14.2. The van der Waals surface area contributed by atoms with Crippen LogP contribution >= 0.6 is 0 Å². The molecular weight excluding hydrogens is 629 g/mol. The average Bonchev–Trinajstić information content (AvgIpc) is 3.97. The first-order chi connectivity index (χ1) is 23.4. The molecular formula is C36H50FN7O5. The number of carbonyl (C=O) groups is 4. The predicted octanol–water partition coefficient (Wildman–Crippen LogP) is 3.31. The Morgan fingerprint density at radius 2 is 1.61 bits per heavy atom. The summed E-state index contributed by atoms with van der Waals surface area (Å²) in [7, 11) is 3.48. The van der Waals surface area contributed by atoms with Crippen LogP contribution in [-0.2, 0) is 19.1 Å². The molecule has 2 bridgehead atoms. The third-order valence-electron chi connectivity index (χ3n) is 11.0. The van der Waals surface area contributed by atoms with E-state index in [2.05, 4.69) is 25.9 Å². The van der Waals surface area contributed by atoms with Gasteiger partial charge in [-0.15, -0.1) is 0 Å². The number of methoxy groups -OCH3 is 1. The van der Waals surface area contributed by atoms with Crippen LogP contribution in [0, 0.1) is 23.6 Å². The highest BCUT2D eigenvalue weighted by atomic mass is 19.1. The van der Waals surface area contributed by atoms with Crippen molar-refractivity contribution in [2.45, 2.75) is 102 Å². The van der Waals surface area contributed by atoms with Crippen LogP contribution in [0.15, 0.2) is 30.5 Å². The maximum atomic E-state index is 15.9. The van der Waals surface area contributed by atoms with Crippen molar-refractivity contribution in [3.63, 3.8) is 0 Å². The first-order valence-electron chi connectivity index (χ1n) is 17.7. The summed E-state index contributed by atoms with van der Waals surface area (Å²) < 4.78 is 22.7. The van der Waals surface area contributed by atoms with Crippen LogP contribution in [0.25, 0.3) is 0 Å². The monoisotopic (exact) mass is 679 g/mol. The SMILES string of the molecule is CO[C@@H](C)C(=O)N[C@@H](C(=O)N1C[C@H]2C[C@@H]1CN2C)[C@@H](C)c1ccc(NC(=O)[C@@H](NC(=O)c2ccnn2C(C)C)C(C2CC2)C2CC2)c(F)c1. The fraction of sp³-hybridized carbons (Fsp3) is 0.639. The topological polar surface area (TPSA) is 138 Å². The van der Waals surface area contributed by atoms with Gasteiger partial charge in [0.25, 0.3) is 5.91 Å². The molecule has 0 spiro atoms. The molecule has 13 heteroatoms. The smallest absolute Gasteiger partial charge is 0.270 e. The summed E-state index contributed by atoms with van der Waals surface area (Å²) in [6.45, 7) is 8.61. The molecule has 4 aliphatic rings. The lowest BCUT2D eigenvalue weighted by Crippen LogP contribution is -2.57. The lowest BCUT2D eigenvalue weighted by atomic mass is 9.88. The van der Waals surface area contributed by atoms with E-state index in [9.17, 15) is 19.2 Å². The van der Waals surface area contributed by atoms with Crippen molar-refractivity contribution >= 4 is 29.3 Å². The van der Waals surface area contributed by atoms with Gasteiger partial charge in [0.15, 0.2) is 0 Å². The lowest BCUT2D eigenvalue weighted by molar-refractivity contribution is -0.141. The first kappa shape index (κ1) is 35.0. The zero-order chi connectivity index (χ0) is 35.1. The van der Waals surface area contributed by atoms with Crippen LogP contribution in [0.2, 0.25) is 0 Å². The van der Waals surface area contributed by atoms with Crippen LogP contribution in [0.4, 0.5) is 10.1 Å². The van der Waals surface area contributed by atoms with E-state index in [4.69, 9.17) is 4.74 Å². The van der Waals surface area contributed by atoms with Gasteiger partial charge in [-0.1, -0.05) is 13.0 Å². The van der Waals surface area contributed by atoms with Crippen molar-refractivity contribution in [2.24, 2.45) is 17.8 Å². The summed E-state index contributed by atoms with van der Waals surface area (Å²) in [5.41, 5.74) is 0.853. The second-order valence-electron chi connectivity index (χ2n) is 14.8. The Kier molecular flexibility index (Phi) is 10.1. The number of ether oxygens (including phenoxy) is 1. The van der Waals surface area contributed by atoms with Gasteiger partial charge in [0.05, 0.1) is 5.69 Å². The largest absolute Gasteiger partial charge is 0.372 e. The summed E-state index contributed by atoms with van der Waals surface area (Å²) in [4.78, 5) is 58.4. The predicted molar refractivity (Wildman–Crippen MR) is 181 cm³/mol. The Hall–Kier alpha value is -3.84. The van der Waals surface area contributed by atoms with E-state index in [1.807, 2.05) is 25.8 Å². The van der Waals surface area contributed by atoms with E-state index in [-0.39, 0.29) is 41.5 Å². The van der Waals surface area contributed by atoms with Gasteiger partial charge in [0.2, 0.25) is 17.7 Å². The number of carbonyl (C=O) groups excluding carboxylic acids is 4. The third-order valence-corrected chi connectivity index (χ3v) is 11.0. The van der Waals surface area contributed by atoms with Gasteiger partial charge in [-0.25, -0.2) is 4.39 Å².